The number of carbonyl (C=O) groups excluding carboxylic acids is 1. The lowest BCUT2D eigenvalue weighted by Gasteiger charge is -2.10. The highest BCUT2D eigenvalue weighted by atomic mass is 16.5. The van der Waals surface area contributed by atoms with Crippen LogP contribution in [0.3, 0.4) is 0 Å². The summed E-state index contributed by atoms with van der Waals surface area (Å²) in [5.74, 6) is 0.577. The van der Waals surface area contributed by atoms with Crippen LogP contribution < -0.4 is 10.1 Å². The quantitative estimate of drug-likeness (QED) is 0.888. The second-order valence-corrected chi connectivity index (χ2v) is 4.84. The van der Waals surface area contributed by atoms with Crippen molar-refractivity contribution in [3.8, 4) is 5.75 Å². The first-order valence-electron chi connectivity index (χ1n) is 6.80. The summed E-state index contributed by atoms with van der Waals surface area (Å²) >= 11 is 0. The van der Waals surface area contributed by atoms with Crippen LogP contribution >= 0.6 is 0 Å². The highest BCUT2D eigenvalue weighted by molar-refractivity contribution is 5.92. The molecular weight excluding hydrogens is 266 g/mol. The molecule has 0 aliphatic heterocycles. The van der Waals surface area contributed by atoms with E-state index in [2.05, 4.69) is 5.32 Å². The molecule has 2 rings (SSSR count). The first-order chi connectivity index (χ1) is 10.1. The van der Waals surface area contributed by atoms with Crippen LogP contribution in [-0.2, 0) is 11.2 Å². The molecule has 110 valence electrons. The monoisotopic (exact) mass is 285 g/mol. The molecule has 0 bridgehead atoms. The van der Waals surface area contributed by atoms with Gasteiger partial charge in [-0.05, 0) is 30.7 Å². The van der Waals surface area contributed by atoms with Crippen molar-refractivity contribution in [2.75, 3.05) is 12.4 Å². The summed E-state index contributed by atoms with van der Waals surface area (Å²) in [6, 6.07) is 14.6. The van der Waals surface area contributed by atoms with E-state index >= 15 is 0 Å². The number of ether oxygens (including phenoxy) is 1. The Morgan fingerprint density at radius 1 is 1.24 bits per heavy atom. The van der Waals surface area contributed by atoms with Crippen molar-refractivity contribution >= 4 is 11.6 Å². The number of methoxy groups -OCH3 is 1. The molecule has 0 saturated heterocycles. The first kappa shape index (κ1) is 15.1. The highest BCUT2D eigenvalue weighted by Crippen LogP contribution is 2.20. The molecule has 2 aromatic rings. The molecule has 1 unspecified atom stereocenters. The topological polar surface area (TPSA) is 58.6 Å². The molecule has 0 aliphatic carbocycles. The fourth-order valence-corrected chi connectivity index (χ4v) is 2.10. The maximum atomic E-state index is 12.1. The molecule has 4 heteroatoms. The Morgan fingerprint density at radius 2 is 2.00 bits per heavy atom. The number of aliphatic hydroxyl groups excluding tert-OH is 1. The Kier molecular flexibility index (Phi) is 4.95. The van der Waals surface area contributed by atoms with E-state index in [0.29, 0.717) is 11.4 Å². The van der Waals surface area contributed by atoms with Crippen molar-refractivity contribution in [1.29, 1.82) is 0 Å². The normalized spacial score (nSPS) is 11.8. The molecule has 0 fully saturated rings. The lowest BCUT2D eigenvalue weighted by atomic mass is 10.1. The van der Waals surface area contributed by atoms with Crippen LogP contribution in [0.5, 0.6) is 5.75 Å². The zero-order chi connectivity index (χ0) is 15.2. The summed E-state index contributed by atoms with van der Waals surface area (Å²) < 4.78 is 5.23. The lowest BCUT2D eigenvalue weighted by Crippen LogP contribution is -2.15. The zero-order valence-corrected chi connectivity index (χ0v) is 12.2. The van der Waals surface area contributed by atoms with Crippen LogP contribution in [0.1, 0.15) is 24.2 Å². The number of anilines is 1. The summed E-state index contributed by atoms with van der Waals surface area (Å²) in [5.41, 5.74) is 2.28. The first-order valence-corrected chi connectivity index (χ1v) is 6.80. The Bertz CT molecular complexity index is 623. The van der Waals surface area contributed by atoms with Gasteiger partial charge in [0.25, 0.3) is 0 Å². The van der Waals surface area contributed by atoms with E-state index in [1.165, 1.54) is 0 Å². The van der Waals surface area contributed by atoms with Crippen molar-refractivity contribution in [2.24, 2.45) is 0 Å². The van der Waals surface area contributed by atoms with Crippen LogP contribution in [0.2, 0.25) is 0 Å². The molecule has 0 radical (unpaired) electrons. The predicted molar refractivity (Wildman–Crippen MR) is 82.4 cm³/mol. The van der Waals surface area contributed by atoms with Gasteiger partial charge in [0.1, 0.15) is 5.75 Å². The lowest BCUT2D eigenvalue weighted by molar-refractivity contribution is -0.115. The number of rotatable bonds is 5. The molecule has 4 nitrogen and oxygen atoms in total. The summed E-state index contributed by atoms with van der Waals surface area (Å²) in [5, 5.41) is 12.4. The highest BCUT2D eigenvalue weighted by Gasteiger charge is 2.09. The van der Waals surface area contributed by atoms with Crippen molar-refractivity contribution in [1.82, 2.24) is 0 Å². The standard InChI is InChI=1S/C17H19NO3/c1-12(19)13-7-5-8-15(10-13)18-17(20)11-14-6-3-4-9-16(14)21-2/h3-10,12,19H,11H2,1-2H3,(H,18,20). The van der Waals surface area contributed by atoms with Gasteiger partial charge in [-0.1, -0.05) is 30.3 Å². The van der Waals surface area contributed by atoms with Crippen LogP contribution in [0.25, 0.3) is 0 Å². The van der Waals surface area contributed by atoms with Crippen LogP contribution in [0, 0.1) is 0 Å². The minimum atomic E-state index is -0.559. The van der Waals surface area contributed by atoms with Crippen molar-refractivity contribution in [3.63, 3.8) is 0 Å². The molecule has 21 heavy (non-hydrogen) atoms. The van der Waals surface area contributed by atoms with Gasteiger partial charge in [0.2, 0.25) is 5.91 Å². The Morgan fingerprint density at radius 3 is 2.71 bits per heavy atom. The maximum absolute atomic E-state index is 12.1. The molecule has 0 spiro atoms. The van der Waals surface area contributed by atoms with E-state index in [4.69, 9.17) is 4.74 Å². The van der Waals surface area contributed by atoms with Crippen molar-refractivity contribution < 1.29 is 14.6 Å². The molecule has 0 saturated carbocycles. The zero-order valence-electron chi connectivity index (χ0n) is 12.2. The van der Waals surface area contributed by atoms with Gasteiger partial charge in [0.15, 0.2) is 0 Å². The molecule has 0 heterocycles. The van der Waals surface area contributed by atoms with E-state index in [1.54, 1.807) is 32.2 Å². The van der Waals surface area contributed by atoms with Gasteiger partial charge in [0, 0.05) is 11.3 Å². The van der Waals surface area contributed by atoms with Gasteiger partial charge in [-0.25, -0.2) is 0 Å². The predicted octanol–water partition coefficient (Wildman–Crippen LogP) is 2.93. The molecule has 1 amide bonds. The van der Waals surface area contributed by atoms with E-state index in [0.717, 1.165) is 11.1 Å². The van der Waals surface area contributed by atoms with Gasteiger partial charge in [-0.3, -0.25) is 4.79 Å². The van der Waals surface area contributed by atoms with E-state index < -0.39 is 6.10 Å². The van der Waals surface area contributed by atoms with Gasteiger partial charge in [-0.15, -0.1) is 0 Å². The third-order valence-corrected chi connectivity index (χ3v) is 3.20. The molecular formula is C17H19NO3. The van der Waals surface area contributed by atoms with Crippen LogP contribution in [0.4, 0.5) is 5.69 Å². The number of benzene rings is 2. The van der Waals surface area contributed by atoms with Crippen LogP contribution in [-0.4, -0.2) is 18.1 Å². The second-order valence-electron chi connectivity index (χ2n) is 4.84. The number of hydrogen-bond donors (Lipinski definition) is 2. The average Bonchev–Trinajstić information content (AvgIpc) is 2.48. The number of hydrogen-bond acceptors (Lipinski definition) is 3. The molecule has 1 atom stereocenters. The fraction of sp³-hybridized carbons (Fsp3) is 0.235. The van der Waals surface area contributed by atoms with Gasteiger partial charge in [0.05, 0.1) is 19.6 Å². The molecule has 2 N–H and O–H groups in total. The fourth-order valence-electron chi connectivity index (χ4n) is 2.10. The number of para-hydroxylation sites is 1. The molecule has 0 aromatic heterocycles. The van der Waals surface area contributed by atoms with Crippen molar-refractivity contribution in [2.45, 2.75) is 19.4 Å². The van der Waals surface area contributed by atoms with Gasteiger partial charge >= 0.3 is 0 Å². The SMILES string of the molecule is COc1ccccc1CC(=O)Nc1cccc(C(C)O)c1. The van der Waals surface area contributed by atoms with E-state index in [9.17, 15) is 9.90 Å². The minimum Gasteiger partial charge on any atom is -0.496 e. The Hall–Kier alpha value is -2.33. The number of carbonyl (C=O) groups is 1. The molecule has 2 aromatic carbocycles. The summed E-state index contributed by atoms with van der Waals surface area (Å²) in [4.78, 5) is 12.1. The second kappa shape index (κ2) is 6.90. The molecule has 0 aliphatic rings. The van der Waals surface area contributed by atoms with Gasteiger partial charge in [-0.2, -0.15) is 0 Å². The number of amides is 1. The third-order valence-electron chi connectivity index (χ3n) is 3.20. The number of nitrogens with one attached hydrogen (secondary N) is 1. The van der Waals surface area contributed by atoms with Crippen LogP contribution in [0.15, 0.2) is 48.5 Å². The maximum Gasteiger partial charge on any atom is 0.228 e. The smallest absolute Gasteiger partial charge is 0.228 e. The minimum absolute atomic E-state index is 0.123. The van der Waals surface area contributed by atoms with E-state index in [-0.39, 0.29) is 12.3 Å². The summed E-state index contributed by atoms with van der Waals surface area (Å²) in [6.45, 7) is 1.69. The van der Waals surface area contributed by atoms with Gasteiger partial charge < -0.3 is 15.2 Å². The van der Waals surface area contributed by atoms with E-state index in [1.807, 2.05) is 30.3 Å². The Labute approximate surface area is 124 Å². The largest absolute Gasteiger partial charge is 0.496 e. The number of aliphatic hydroxyl groups is 1. The Balaban J connectivity index is 2.06. The third kappa shape index (κ3) is 4.07. The summed E-state index contributed by atoms with van der Waals surface area (Å²) in [6.07, 6.45) is -0.320. The summed E-state index contributed by atoms with van der Waals surface area (Å²) in [7, 11) is 1.59. The van der Waals surface area contributed by atoms with Crippen molar-refractivity contribution in [3.05, 3.63) is 59.7 Å². The average molecular weight is 285 g/mol.